The Morgan fingerprint density at radius 2 is 1.67 bits per heavy atom. The predicted molar refractivity (Wildman–Crippen MR) is 153 cm³/mol. The van der Waals surface area contributed by atoms with Crippen LogP contribution < -0.4 is 14.2 Å². The highest BCUT2D eigenvalue weighted by Gasteiger charge is 2.33. The second-order valence-electron chi connectivity index (χ2n) is 9.56. The van der Waals surface area contributed by atoms with E-state index in [2.05, 4.69) is 4.72 Å². The first kappa shape index (κ1) is 28.9. The zero-order chi connectivity index (χ0) is 29.7. The molecular weight excluding hydrogens is 560 g/mol. The first-order chi connectivity index (χ1) is 20.3. The highest BCUT2D eigenvalue weighted by molar-refractivity contribution is 7.89. The van der Waals surface area contributed by atoms with Crippen LogP contribution in [0.3, 0.4) is 0 Å². The molecule has 0 fully saturated rings. The van der Waals surface area contributed by atoms with Crippen molar-refractivity contribution in [2.24, 2.45) is 0 Å². The van der Waals surface area contributed by atoms with Gasteiger partial charge in [0.05, 0.1) is 43.5 Å². The van der Waals surface area contributed by atoms with Gasteiger partial charge in [-0.15, -0.1) is 0 Å². The van der Waals surface area contributed by atoms with E-state index < -0.39 is 28.6 Å². The number of hydrogen-bond donors (Lipinski definition) is 1. The van der Waals surface area contributed by atoms with Gasteiger partial charge in [0, 0.05) is 6.54 Å². The van der Waals surface area contributed by atoms with E-state index in [0.29, 0.717) is 30.2 Å². The minimum atomic E-state index is -3.83. The number of ether oxygens (including phenoxy) is 3. The Kier molecular flexibility index (Phi) is 8.60. The molecule has 1 amide bonds. The van der Waals surface area contributed by atoms with Crippen molar-refractivity contribution in [1.82, 2.24) is 9.62 Å². The van der Waals surface area contributed by atoms with Gasteiger partial charge in [-0.25, -0.2) is 17.9 Å². The zero-order valence-corrected chi connectivity index (χ0v) is 23.9. The predicted octanol–water partition coefficient (Wildman–Crippen LogP) is 4.11. The molecule has 2 heterocycles. The Balaban J connectivity index is 1.28. The Labute approximate surface area is 243 Å². The average Bonchev–Trinajstić information content (AvgIpc) is 3.55. The van der Waals surface area contributed by atoms with Crippen LogP contribution in [0, 0.1) is 0 Å². The quantitative estimate of drug-likeness (QED) is 0.274. The van der Waals surface area contributed by atoms with E-state index in [1.807, 2.05) is 42.5 Å². The smallest absolute Gasteiger partial charge is 0.338 e. The summed E-state index contributed by atoms with van der Waals surface area (Å²) in [7, 11) is -0.682. The molecular formula is C31H30N2O8S. The Morgan fingerprint density at radius 3 is 2.33 bits per heavy atom. The number of esters is 1. The minimum absolute atomic E-state index is 0.00743. The summed E-state index contributed by atoms with van der Waals surface area (Å²) in [5, 5.41) is 0. The van der Waals surface area contributed by atoms with E-state index in [9.17, 15) is 18.0 Å². The van der Waals surface area contributed by atoms with Gasteiger partial charge in [0.15, 0.2) is 18.1 Å². The van der Waals surface area contributed by atoms with Gasteiger partial charge >= 0.3 is 5.97 Å². The highest BCUT2D eigenvalue weighted by atomic mass is 32.2. The second kappa shape index (κ2) is 12.5. The fourth-order valence-electron chi connectivity index (χ4n) is 4.94. The van der Waals surface area contributed by atoms with E-state index in [1.54, 1.807) is 31.3 Å². The number of carbonyl (C=O) groups excluding carboxylic acids is 2. The number of benzene rings is 3. The van der Waals surface area contributed by atoms with E-state index >= 15 is 0 Å². The molecule has 1 atom stereocenters. The van der Waals surface area contributed by atoms with Crippen LogP contribution in [0.1, 0.15) is 38.9 Å². The molecule has 10 nitrogen and oxygen atoms in total. The summed E-state index contributed by atoms with van der Waals surface area (Å²) in [5.74, 6) is 0.535. The molecule has 0 radical (unpaired) electrons. The number of carbonyl (C=O) groups is 2. The standard InChI is InChI=1S/C31H30N2O8S/c1-38-27-17-23-14-15-33(30(21-7-4-3-5-8-21)26(23)18-28(27)39-2)29(34)20-41-31(35)22-10-12-25(13-11-22)42(36,37)32-19-24-9-6-16-40-24/h3-13,16-18,30,32H,14-15,19-20H2,1-2H3. The van der Waals surface area contributed by atoms with Crippen molar-refractivity contribution < 1.29 is 36.6 Å². The van der Waals surface area contributed by atoms with Crippen molar-refractivity contribution in [3.8, 4) is 11.5 Å². The molecule has 0 saturated carbocycles. The molecule has 1 aliphatic rings. The SMILES string of the molecule is COc1cc2c(cc1OC)C(c1ccccc1)N(C(=O)COC(=O)c1ccc(S(=O)(=O)NCc3ccco3)cc1)CC2. The van der Waals surface area contributed by atoms with Gasteiger partial charge in [-0.05, 0) is 71.6 Å². The summed E-state index contributed by atoms with van der Waals surface area (Å²) < 4.78 is 49.1. The third kappa shape index (κ3) is 6.17. The van der Waals surface area contributed by atoms with Crippen LogP contribution in [0.5, 0.6) is 11.5 Å². The van der Waals surface area contributed by atoms with Crippen molar-refractivity contribution in [1.29, 1.82) is 0 Å². The van der Waals surface area contributed by atoms with E-state index in [4.69, 9.17) is 18.6 Å². The molecule has 42 heavy (non-hydrogen) atoms. The summed E-state index contributed by atoms with van der Waals surface area (Å²) in [5.41, 5.74) is 2.97. The van der Waals surface area contributed by atoms with Crippen molar-refractivity contribution in [2.75, 3.05) is 27.4 Å². The number of amides is 1. The van der Waals surface area contributed by atoms with Gasteiger partial charge < -0.3 is 23.5 Å². The number of furan rings is 1. The van der Waals surface area contributed by atoms with Crippen LogP contribution in [0.2, 0.25) is 0 Å². The molecule has 1 unspecified atom stereocenters. The van der Waals surface area contributed by atoms with Crippen molar-refractivity contribution in [2.45, 2.75) is 23.9 Å². The molecule has 0 spiro atoms. The van der Waals surface area contributed by atoms with Gasteiger partial charge in [-0.1, -0.05) is 30.3 Å². The molecule has 0 saturated heterocycles. The molecule has 1 N–H and O–H groups in total. The lowest BCUT2D eigenvalue weighted by atomic mass is 9.87. The lowest BCUT2D eigenvalue weighted by Gasteiger charge is -2.38. The number of rotatable bonds is 10. The van der Waals surface area contributed by atoms with Gasteiger partial charge in [-0.2, -0.15) is 0 Å². The van der Waals surface area contributed by atoms with Gasteiger partial charge in [0.1, 0.15) is 5.76 Å². The van der Waals surface area contributed by atoms with Crippen molar-refractivity contribution >= 4 is 21.9 Å². The lowest BCUT2D eigenvalue weighted by Crippen LogP contribution is -2.42. The molecule has 1 aromatic heterocycles. The number of methoxy groups -OCH3 is 2. The van der Waals surface area contributed by atoms with Crippen molar-refractivity contribution in [3.63, 3.8) is 0 Å². The van der Waals surface area contributed by atoms with Crippen LogP contribution in [0.15, 0.2) is 94.4 Å². The van der Waals surface area contributed by atoms with Crippen LogP contribution >= 0.6 is 0 Å². The molecule has 11 heteroatoms. The number of nitrogens with one attached hydrogen (secondary N) is 1. The number of nitrogens with zero attached hydrogens (tertiary/aromatic N) is 1. The summed E-state index contributed by atoms with van der Waals surface area (Å²) in [6.45, 7) is -0.0714. The normalized spacial score (nSPS) is 14.6. The monoisotopic (exact) mass is 590 g/mol. The molecule has 0 aliphatic carbocycles. The maximum absolute atomic E-state index is 13.5. The average molecular weight is 591 g/mol. The molecule has 3 aromatic carbocycles. The van der Waals surface area contributed by atoms with E-state index in [-0.39, 0.29) is 22.9 Å². The topological polar surface area (TPSA) is 124 Å². The second-order valence-corrected chi connectivity index (χ2v) is 11.3. The van der Waals surface area contributed by atoms with Crippen LogP contribution in [0.25, 0.3) is 0 Å². The fourth-order valence-corrected chi connectivity index (χ4v) is 5.93. The summed E-state index contributed by atoms with van der Waals surface area (Å²) in [6, 6.07) is 21.6. The maximum Gasteiger partial charge on any atom is 0.338 e. The molecule has 5 rings (SSSR count). The Hall–Kier alpha value is -4.61. The van der Waals surface area contributed by atoms with Crippen LogP contribution in [-0.4, -0.2) is 52.6 Å². The summed E-state index contributed by atoms with van der Waals surface area (Å²) in [6.07, 6.45) is 2.04. The fraction of sp³-hybridized carbons (Fsp3) is 0.226. The Bertz CT molecular complexity index is 1650. The maximum atomic E-state index is 13.5. The van der Waals surface area contributed by atoms with Crippen LogP contribution in [0.4, 0.5) is 0 Å². The Morgan fingerprint density at radius 1 is 0.952 bits per heavy atom. The third-order valence-electron chi connectivity index (χ3n) is 7.05. The van der Waals surface area contributed by atoms with Crippen molar-refractivity contribution in [3.05, 3.63) is 113 Å². The molecule has 0 bridgehead atoms. The van der Waals surface area contributed by atoms with Gasteiger partial charge in [-0.3, -0.25) is 4.79 Å². The van der Waals surface area contributed by atoms with Gasteiger partial charge in [0.2, 0.25) is 10.0 Å². The highest BCUT2D eigenvalue weighted by Crippen LogP contribution is 2.41. The first-order valence-electron chi connectivity index (χ1n) is 13.2. The van der Waals surface area contributed by atoms with E-state index in [0.717, 1.165) is 16.7 Å². The third-order valence-corrected chi connectivity index (χ3v) is 8.47. The van der Waals surface area contributed by atoms with E-state index in [1.165, 1.54) is 30.5 Å². The first-order valence-corrected chi connectivity index (χ1v) is 14.7. The number of fused-ring (bicyclic) bond motifs is 1. The largest absolute Gasteiger partial charge is 0.493 e. The molecule has 4 aromatic rings. The lowest BCUT2D eigenvalue weighted by molar-refractivity contribution is -0.136. The number of sulfonamides is 1. The summed E-state index contributed by atoms with van der Waals surface area (Å²) in [4.78, 5) is 27.9. The minimum Gasteiger partial charge on any atom is -0.493 e. The van der Waals surface area contributed by atoms with Gasteiger partial charge in [0.25, 0.3) is 5.91 Å². The summed E-state index contributed by atoms with van der Waals surface area (Å²) >= 11 is 0. The molecule has 218 valence electrons. The zero-order valence-electron chi connectivity index (χ0n) is 23.1. The van der Waals surface area contributed by atoms with Crippen LogP contribution in [-0.2, 0) is 32.5 Å². The number of hydrogen-bond acceptors (Lipinski definition) is 8. The molecule has 1 aliphatic heterocycles.